The lowest BCUT2D eigenvalue weighted by Gasteiger charge is -2.49. The highest BCUT2D eigenvalue weighted by atomic mass is 31.2. The predicted octanol–water partition coefficient (Wildman–Crippen LogP) is 11.4. The van der Waals surface area contributed by atoms with Crippen molar-refractivity contribution >= 4 is 25.7 Å². The number of hydrogen-bond donors (Lipinski definition) is 11. The molecule has 24 nitrogen and oxygen atoms in total. The van der Waals surface area contributed by atoms with E-state index in [2.05, 4.69) is 20.8 Å². The number of carbonyl (C=O) groups excluding carboxylic acids is 3. The maximum Gasteiger partial charge on any atom is 0.472 e. The van der Waals surface area contributed by atoms with Crippen LogP contribution in [0, 0.1) is 0 Å². The van der Waals surface area contributed by atoms with E-state index in [4.69, 9.17) is 42.2 Å². The Morgan fingerprint density at radius 3 is 0.990 bits per heavy atom. The minimum Gasteiger partial charge on any atom is -0.463 e. The Balaban J connectivity index is 1.71. The Bertz CT molecular complexity index is 2050. The number of aliphatic hydroxyl groups excluding tert-OH is 10. The highest BCUT2D eigenvalue weighted by molar-refractivity contribution is 7.47. The number of ether oxygens (including phenoxy) is 7. The first-order chi connectivity index (χ1) is 47.8. The highest BCUT2D eigenvalue weighted by Crippen LogP contribution is 2.49. The summed E-state index contributed by atoms with van der Waals surface area (Å²) in [6, 6.07) is 0. The SMILES string of the molecule is CCCCCCCCCCCCCCCCCCC(=O)OCC(COP(=O)(O)OC1C(OC2OC(CO)C(O)C(O)C2O)C(O)C(O)C(O)C1OC1OC(COC(=O)CCCCCCCCCCCCCCCCC)C(O)C(O)C1O)OC(=O)CCCCCCCCCCCCCCC. The number of carbonyl (C=O) groups is 3. The number of phosphoric acid groups is 1. The Kier molecular flexibility index (Phi) is 51.9. The Morgan fingerprint density at radius 1 is 0.354 bits per heavy atom. The summed E-state index contributed by atoms with van der Waals surface area (Å²) >= 11 is 0. The molecule has 18 atom stereocenters. The van der Waals surface area contributed by atoms with Gasteiger partial charge in [-0.3, -0.25) is 23.4 Å². The average Bonchev–Trinajstić information content (AvgIpc) is 0.762. The summed E-state index contributed by atoms with van der Waals surface area (Å²) in [6.07, 6.45) is 14.4. The van der Waals surface area contributed by atoms with Gasteiger partial charge in [-0.1, -0.05) is 284 Å². The molecule has 11 N–H and O–H groups in total. The fourth-order valence-electron chi connectivity index (χ4n) is 13.2. The van der Waals surface area contributed by atoms with Crippen LogP contribution in [0.5, 0.6) is 0 Å². The summed E-state index contributed by atoms with van der Waals surface area (Å²) in [4.78, 5) is 51.1. The molecule has 99 heavy (non-hydrogen) atoms. The van der Waals surface area contributed by atoms with Crippen molar-refractivity contribution in [2.24, 2.45) is 0 Å². The summed E-state index contributed by atoms with van der Waals surface area (Å²) < 4.78 is 65.1. The molecule has 3 fully saturated rings. The van der Waals surface area contributed by atoms with Gasteiger partial charge in [0.15, 0.2) is 18.7 Å². The average molecular weight is 1440 g/mol. The molecule has 0 radical (unpaired) electrons. The predicted molar refractivity (Wildman–Crippen MR) is 375 cm³/mol. The minimum atomic E-state index is -5.69. The van der Waals surface area contributed by atoms with Gasteiger partial charge in [0, 0.05) is 19.3 Å². The molecule has 2 heterocycles. The van der Waals surface area contributed by atoms with Crippen LogP contribution in [0.1, 0.15) is 323 Å². The topological polar surface area (TPSA) is 374 Å². The fourth-order valence-corrected chi connectivity index (χ4v) is 14.2. The van der Waals surface area contributed by atoms with E-state index in [0.29, 0.717) is 19.3 Å². The lowest BCUT2D eigenvalue weighted by atomic mass is 9.84. The van der Waals surface area contributed by atoms with E-state index < -0.39 is 156 Å². The standard InChI is InChI=1S/C74H139O24P/c1-4-7-10-13-16-19-22-25-27-29-32-33-36-39-42-45-48-58(76)90-52-55(93-60(78)50-47-44-41-38-35-30-24-21-18-15-12-9-6-3)53-92-99(88,89)98-72-70(96-73-68(86)63(81)61(79)56(51-75)94-73)66(84)65(83)67(85)71(72)97-74-69(87)64(82)62(80)57(95-74)54-91-59(77)49-46-43-40-37-34-31-28-26-23-20-17-14-11-8-5-2/h55-57,61-75,79-87H,4-54H2,1-3H3,(H,88,89). The fraction of sp³-hybridized carbons (Fsp3) is 0.959. The van der Waals surface area contributed by atoms with Gasteiger partial charge in [-0.25, -0.2) is 4.57 Å². The van der Waals surface area contributed by atoms with Gasteiger partial charge in [0.2, 0.25) is 0 Å². The first kappa shape index (κ1) is 91.2. The van der Waals surface area contributed by atoms with E-state index in [1.54, 1.807) is 0 Å². The molecule has 584 valence electrons. The second kappa shape index (κ2) is 56.3. The Hall–Kier alpha value is -2.04. The van der Waals surface area contributed by atoms with Gasteiger partial charge in [-0.2, -0.15) is 0 Å². The van der Waals surface area contributed by atoms with Crippen molar-refractivity contribution in [2.75, 3.05) is 26.4 Å². The van der Waals surface area contributed by atoms with Gasteiger partial charge in [0.05, 0.1) is 13.2 Å². The normalized spacial score (nSPS) is 27.4. The van der Waals surface area contributed by atoms with Crippen LogP contribution >= 0.6 is 7.82 Å². The quantitative estimate of drug-likeness (QED) is 0.0117. The first-order valence-electron chi connectivity index (χ1n) is 39.3. The monoisotopic (exact) mass is 1440 g/mol. The highest BCUT2D eigenvalue weighted by Gasteiger charge is 2.58. The number of hydrogen-bond acceptors (Lipinski definition) is 23. The van der Waals surface area contributed by atoms with Crippen LogP contribution in [-0.2, 0) is 61.2 Å². The number of esters is 3. The van der Waals surface area contributed by atoms with E-state index in [9.17, 15) is 74.9 Å². The third-order valence-electron chi connectivity index (χ3n) is 19.6. The molecule has 0 bridgehead atoms. The first-order valence-corrected chi connectivity index (χ1v) is 40.8. The summed E-state index contributed by atoms with van der Waals surface area (Å²) in [5.74, 6) is -1.97. The molecule has 0 aromatic carbocycles. The summed E-state index contributed by atoms with van der Waals surface area (Å²) in [5, 5.41) is 110. The summed E-state index contributed by atoms with van der Waals surface area (Å²) in [5.41, 5.74) is 0. The third kappa shape index (κ3) is 39.2. The molecule has 0 amide bonds. The van der Waals surface area contributed by atoms with E-state index >= 15 is 0 Å². The van der Waals surface area contributed by atoms with Crippen molar-refractivity contribution in [2.45, 2.75) is 427 Å². The Labute approximate surface area is 593 Å². The molecule has 25 heteroatoms. The van der Waals surface area contributed by atoms with Crippen LogP contribution in [0.15, 0.2) is 0 Å². The number of rotatable bonds is 62. The molecule has 1 saturated carbocycles. The molecule has 3 rings (SSSR count). The molecule has 2 aliphatic heterocycles. The van der Waals surface area contributed by atoms with Gasteiger partial charge in [0.1, 0.15) is 98.7 Å². The lowest BCUT2D eigenvalue weighted by Crippen LogP contribution is -2.69. The zero-order valence-electron chi connectivity index (χ0n) is 61.1. The molecule has 2 saturated heterocycles. The molecule has 1 aliphatic carbocycles. The second-order valence-corrected chi connectivity index (χ2v) is 29.8. The van der Waals surface area contributed by atoms with Gasteiger partial charge < -0.3 is 89.1 Å². The van der Waals surface area contributed by atoms with Crippen LogP contribution in [0.25, 0.3) is 0 Å². The number of aliphatic hydroxyl groups is 10. The molecular weight excluding hydrogens is 1300 g/mol. The molecule has 3 aliphatic rings. The lowest BCUT2D eigenvalue weighted by molar-refractivity contribution is -0.360. The van der Waals surface area contributed by atoms with E-state index in [1.807, 2.05) is 0 Å². The summed E-state index contributed by atoms with van der Waals surface area (Å²) in [7, 11) is -5.69. The van der Waals surface area contributed by atoms with Gasteiger partial charge in [0.25, 0.3) is 0 Å². The Morgan fingerprint density at radius 2 is 0.646 bits per heavy atom. The van der Waals surface area contributed by atoms with E-state index in [-0.39, 0.29) is 19.3 Å². The van der Waals surface area contributed by atoms with Gasteiger partial charge >= 0.3 is 25.7 Å². The van der Waals surface area contributed by atoms with Crippen molar-refractivity contribution in [1.82, 2.24) is 0 Å². The maximum atomic E-state index is 14.3. The largest absolute Gasteiger partial charge is 0.472 e. The van der Waals surface area contributed by atoms with Crippen LogP contribution in [0.4, 0.5) is 0 Å². The maximum absolute atomic E-state index is 14.3. The summed E-state index contributed by atoms with van der Waals surface area (Å²) in [6.45, 7) is 3.49. The molecule has 0 spiro atoms. The van der Waals surface area contributed by atoms with Crippen LogP contribution in [-0.4, -0.2) is 204 Å². The molecule has 0 aromatic rings. The smallest absolute Gasteiger partial charge is 0.463 e. The minimum absolute atomic E-state index is 0.0332. The molecule has 0 aromatic heterocycles. The van der Waals surface area contributed by atoms with E-state index in [0.717, 1.165) is 89.9 Å². The van der Waals surface area contributed by atoms with Gasteiger partial charge in [-0.05, 0) is 19.3 Å². The van der Waals surface area contributed by atoms with Crippen molar-refractivity contribution in [3.05, 3.63) is 0 Å². The molecular formula is C74H139O24P. The number of phosphoric ester groups is 1. The van der Waals surface area contributed by atoms with Crippen molar-refractivity contribution in [3.8, 4) is 0 Å². The van der Waals surface area contributed by atoms with Crippen LogP contribution < -0.4 is 0 Å². The van der Waals surface area contributed by atoms with Crippen LogP contribution in [0.2, 0.25) is 0 Å². The van der Waals surface area contributed by atoms with Crippen LogP contribution in [0.3, 0.4) is 0 Å². The third-order valence-corrected chi connectivity index (χ3v) is 20.6. The van der Waals surface area contributed by atoms with Crippen molar-refractivity contribution in [1.29, 1.82) is 0 Å². The number of unbranched alkanes of at least 4 members (excludes halogenated alkanes) is 41. The molecule has 18 unspecified atom stereocenters. The zero-order valence-corrected chi connectivity index (χ0v) is 61.9. The van der Waals surface area contributed by atoms with Gasteiger partial charge in [-0.15, -0.1) is 0 Å². The second-order valence-electron chi connectivity index (χ2n) is 28.4. The van der Waals surface area contributed by atoms with E-state index in [1.165, 1.54) is 173 Å². The zero-order chi connectivity index (χ0) is 72.5. The van der Waals surface area contributed by atoms with Crippen molar-refractivity contribution in [3.63, 3.8) is 0 Å². The van der Waals surface area contributed by atoms with Crippen molar-refractivity contribution < 1.29 is 117 Å².